The molecular formula is C52H35NO. The molecule has 0 atom stereocenters. The Morgan fingerprint density at radius 1 is 0.315 bits per heavy atom. The summed E-state index contributed by atoms with van der Waals surface area (Å²) in [5.74, 6) is 0. The van der Waals surface area contributed by atoms with E-state index >= 15 is 0 Å². The normalized spacial score (nSPS) is 11.3. The van der Waals surface area contributed by atoms with Crippen LogP contribution in [-0.4, -0.2) is 0 Å². The maximum Gasteiger partial charge on any atom is 0.159 e. The lowest BCUT2D eigenvalue weighted by atomic mass is 9.91. The molecule has 0 amide bonds. The zero-order chi connectivity index (χ0) is 35.8. The van der Waals surface area contributed by atoms with E-state index in [1.165, 1.54) is 49.7 Å². The van der Waals surface area contributed by atoms with Crippen molar-refractivity contribution in [3.8, 4) is 44.5 Å². The molecule has 0 spiro atoms. The molecule has 10 aromatic rings. The largest absolute Gasteiger partial charge is 0.454 e. The van der Waals surface area contributed by atoms with E-state index < -0.39 is 0 Å². The first-order valence-electron chi connectivity index (χ1n) is 18.4. The number of rotatable bonds is 7. The van der Waals surface area contributed by atoms with Crippen molar-refractivity contribution in [2.24, 2.45) is 0 Å². The molecule has 0 bridgehead atoms. The van der Waals surface area contributed by atoms with Gasteiger partial charge in [0.1, 0.15) is 5.58 Å². The second-order valence-electron chi connectivity index (χ2n) is 13.7. The Kier molecular flexibility index (Phi) is 7.85. The van der Waals surface area contributed by atoms with E-state index in [-0.39, 0.29) is 0 Å². The number of hydrogen-bond acceptors (Lipinski definition) is 2. The quantitative estimate of drug-likeness (QED) is 0.166. The van der Waals surface area contributed by atoms with Gasteiger partial charge in [0, 0.05) is 22.1 Å². The standard InChI is InChI=1S/C52H35NO/c1-3-13-37(14-4-1)46-34-29-41(35-49(46)39-15-5-2-6-16-39)36-25-30-42(31-26-36)53(50-23-12-22-48-47-20-9-10-24-51(47)54-52(48)50)43-32-27-40(28-33-43)45-21-11-18-38-17-7-8-19-44(38)45/h1-35H. The van der Waals surface area contributed by atoms with Gasteiger partial charge < -0.3 is 9.32 Å². The van der Waals surface area contributed by atoms with Gasteiger partial charge >= 0.3 is 0 Å². The average molecular weight is 690 g/mol. The first-order valence-corrected chi connectivity index (χ1v) is 18.4. The highest BCUT2D eigenvalue weighted by Crippen LogP contribution is 2.43. The molecule has 9 aromatic carbocycles. The maximum absolute atomic E-state index is 6.60. The summed E-state index contributed by atoms with van der Waals surface area (Å²) in [6, 6.07) is 75.8. The zero-order valence-corrected chi connectivity index (χ0v) is 29.6. The van der Waals surface area contributed by atoms with Gasteiger partial charge in [-0.3, -0.25) is 0 Å². The lowest BCUT2D eigenvalue weighted by Crippen LogP contribution is -2.10. The zero-order valence-electron chi connectivity index (χ0n) is 29.6. The summed E-state index contributed by atoms with van der Waals surface area (Å²) >= 11 is 0. The minimum atomic E-state index is 0.866. The van der Waals surface area contributed by atoms with Gasteiger partial charge in [-0.2, -0.15) is 0 Å². The van der Waals surface area contributed by atoms with E-state index in [0.717, 1.165) is 44.6 Å². The predicted octanol–water partition coefficient (Wildman–Crippen LogP) is 14.9. The van der Waals surface area contributed by atoms with E-state index in [1.54, 1.807) is 0 Å². The third kappa shape index (κ3) is 5.62. The van der Waals surface area contributed by atoms with E-state index in [1.807, 2.05) is 12.1 Å². The van der Waals surface area contributed by atoms with E-state index in [0.29, 0.717) is 0 Å². The molecule has 10 rings (SSSR count). The van der Waals surface area contributed by atoms with Crippen molar-refractivity contribution in [2.75, 3.05) is 4.90 Å². The molecule has 0 aliphatic carbocycles. The lowest BCUT2D eigenvalue weighted by molar-refractivity contribution is 0.669. The Hall–Kier alpha value is -7.16. The van der Waals surface area contributed by atoms with Crippen LogP contribution < -0.4 is 4.90 Å². The van der Waals surface area contributed by atoms with E-state index in [4.69, 9.17) is 4.42 Å². The summed E-state index contributed by atoms with van der Waals surface area (Å²) in [6.07, 6.45) is 0. The van der Waals surface area contributed by atoms with Gasteiger partial charge in [0.05, 0.1) is 5.69 Å². The van der Waals surface area contributed by atoms with Crippen LogP contribution in [0.2, 0.25) is 0 Å². The highest BCUT2D eigenvalue weighted by Gasteiger charge is 2.20. The summed E-state index contributed by atoms with van der Waals surface area (Å²) in [7, 11) is 0. The SMILES string of the molecule is c1ccc(-c2ccc(-c3ccc(N(c4ccc(-c5cccc6ccccc56)cc4)c4cccc5c4oc4ccccc45)cc3)cc2-c2ccccc2)cc1. The van der Waals surface area contributed by atoms with Crippen molar-refractivity contribution < 1.29 is 4.42 Å². The monoisotopic (exact) mass is 689 g/mol. The van der Waals surface area contributed by atoms with Crippen LogP contribution in [0, 0.1) is 0 Å². The maximum atomic E-state index is 6.60. The Bertz CT molecular complexity index is 2900. The van der Waals surface area contributed by atoms with Crippen LogP contribution in [0.4, 0.5) is 17.1 Å². The molecule has 2 heteroatoms. The van der Waals surface area contributed by atoms with Crippen LogP contribution in [0.1, 0.15) is 0 Å². The molecule has 0 saturated heterocycles. The summed E-state index contributed by atoms with van der Waals surface area (Å²) < 4.78 is 6.60. The molecule has 0 N–H and O–H groups in total. The van der Waals surface area contributed by atoms with Crippen LogP contribution in [-0.2, 0) is 0 Å². The molecule has 254 valence electrons. The van der Waals surface area contributed by atoms with Gasteiger partial charge in [0.15, 0.2) is 5.58 Å². The molecule has 1 heterocycles. The lowest BCUT2D eigenvalue weighted by Gasteiger charge is -2.26. The third-order valence-corrected chi connectivity index (χ3v) is 10.5. The fourth-order valence-corrected chi connectivity index (χ4v) is 7.86. The van der Waals surface area contributed by atoms with E-state index in [9.17, 15) is 0 Å². The number of para-hydroxylation sites is 2. The molecule has 54 heavy (non-hydrogen) atoms. The number of anilines is 3. The Morgan fingerprint density at radius 2 is 0.852 bits per heavy atom. The fourth-order valence-electron chi connectivity index (χ4n) is 7.86. The van der Waals surface area contributed by atoms with Crippen LogP contribution >= 0.6 is 0 Å². The smallest absolute Gasteiger partial charge is 0.159 e. The molecule has 2 nitrogen and oxygen atoms in total. The highest BCUT2D eigenvalue weighted by molar-refractivity contribution is 6.10. The topological polar surface area (TPSA) is 16.4 Å². The summed E-state index contributed by atoms with van der Waals surface area (Å²) in [5.41, 5.74) is 14.4. The molecular weight excluding hydrogens is 655 g/mol. The molecule has 0 aliphatic rings. The van der Waals surface area contributed by atoms with Crippen molar-refractivity contribution in [3.05, 3.63) is 212 Å². The predicted molar refractivity (Wildman–Crippen MR) is 228 cm³/mol. The molecule has 0 fully saturated rings. The average Bonchev–Trinajstić information content (AvgIpc) is 3.64. The molecule has 0 radical (unpaired) electrons. The number of fused-ring (bicyclic) bond motifs is 4. The van der Waals surface area contributed by atoms with Crippen LogP contribution in [0.25, 0.3) is 77.2 Å². The number of benzene rings is 9. The molecule has 0 aliphatic heterocycles. The van der Waals surface area contributed by atoms with Crippen molar-refractivity contribution in [1.82, 2.24) is 0 Å². The Balaban J connectivity index is 1.09. The fraction of sp³-hybridized carbons (Fsp3) is 0. The Labute approximate surface area is 314 Å². The van der Waals surface area contributed by atoms with Crippen LogP contribution in [0.5, 0.6) is 0 Å². The van der Waals surface area contributed by atoms with Crippen molar-refractivity contribution in [3.63, 3.8) is 0 Å². The second-order valence-corrected chi connectivity index (χ2v) is 13.7. The van der Waals surface area contributed by atoms with E-state index in [2.05, 4.69) is 205 Å². The minimum absolute atomic E-state index is 0.866. The highest BCUT2D eigenvalue weighted by atomic mass is 16.3. The second kappa shape index (κ2) is 13.4. The van der Waals surface area contributed by atoms with Gasteiger partial charge in [-0.15, -0.1) is 0 Å². The number of hydrogen-bond donors (Lipinski definition) is 0. The van der Waals surface area contributed by atoms with Gasteiger partial charge in [-0.1, -0.05) is 170 Å². The van der Waals surface area contributed by atoms with Crippen molar-refractivity contribution >= 4 is 49.8 Å². The molecule has 1 aromatic heterocycles. The van der Waals surface area contributed by atoms with Crippen LogP contribution in [0.3, 0.4) is 0 Å². The molecule has 0 unspecified atom stereocenters. The number of furan rings is 1. The number of nitrogens with zero attached hydrogens (tertiary/aromatic N) is 1. The third-order valence-electron chi connectivity index (χ3n) is 10.5. The summed E-state index contributed by atoms with van der Waals surface area (Å²) in [4.78, 5) is 2.31. The minimum Gasteiger partial charge on any atom is -0.454 e. The Morgan fingerprint density at radius 3 is 1.59 bits per heavy atom. The van der Waals surface area contributed by atoms with Gasteiger partial charge in [-0.25, -0.2) is 0 Å². The van der Waals surface area contributed by atoms with Gasteiger partial charge in [0.2, 0.25) is 0 Å². The first kappa shape index (κ1) is 31.6. The van der Waals surface area contributed by atoms with Crippen LogP contribution in [0.15, 0.2) is 217 Å². The van der Waals surface area contributed by atoms with Gasteiger partial charge in [0.25, 0.3) is 0 Å². The molecule has 0 saturated carbocycles. The summed E-state index contributed by atoms with van der Waals surface area (Å²) in [5, 5.41) is 4.70. The first-order chi connectivity index (χ1) is 26.8. The summed E-state index contributed by atoms with van der Waals surface area (Å²) in [6.45, 7) is 0. The van der Waals surface area contributed by atoms with Crippen molar-refractivity contribution in [1.29, 1.82) is 0 Å². The van der Waals surface area contributed by atoms with Crippen molar-refractivity contribution in [2.45, 2.75) is 0 Å². The van der Waals surface area contributed by atoms with Gasteiger partial charge in [-0.05, 0) is 97.7 Å².